The molecule has 0 radical (unpaired) electrons. The second-order valence-electron chi connectivity index (χ2n) is 4.94. The number of benzene rings is 1. The van der Waals surface area contributed by atoms with E-state index in [1.807, 2.05) is 0 Å². The molecule has 1 fully saturated rings. The lowest BCUT2D eigenvalue weighted by atomic mass is 10.1. The van der Waals surface area contributed by atoms with Gasteiger partial charge >= 0.3 is 5.97 Å². The molecule has 1 aromatic rings. The number of carbonyl (C=O) groups excluding carboxylic acids is 2. The summed E-state index contributed by atoms with van der Waals surface area (Å²) in [6, 6.07) is 3.37. The molecule has 7 heteroatoms. The minimum Gasteiger partial charge on any atom is -0.465 e. The number of hydrogen-bond acceptors (Lipinski definition) is 5. The molecule has 1 amide bonds. The Bertz CT molecular complexity index is 559. The van der Waals surface area contributed by atoms with Crippen molar-refractivity contribution in [3.8, 4) is 0 Å². The van der Waals surface area contributed by atoms with Crippen molar-refractivity contribution in [2.75, 3.05) is 24.7 Å². The topological polar surface area (TPSA) is 93.4 Å². The van der Waals surface area contributed by atoms with Crippen LogP contribution in [0.15, 0.2) is 12.1 Å². The van der Waals surface area contributed by atoms with Gasteiger partial charge in [0.1, 0.15) is 0 Å². The van der Waals surface area contributed by atoms with Gasteiger partial charge < -0.3 is 21.1 Å². The summed E-state index contributed by atoms with van der Waals surface area (Å²) in [5, 5.41) is 6.21. The third-order valence-electron chi connectivity index (χ3n) is 3.11. The van der Waals surface area contributed by atoms with Crippen molar-refractivity contribution in [3.63, 3.8) is 0 Å². The largest absolute Gasteiger partial charge is 0.465 e. The van der Waals surface area contributed by atoms with E-state index >= 15 is 0 Å². The van der Waals surface area contributed by atoms with Crippen molar-refractivity contribution in [2.45, 2.75) is 25.3 Å². The molecule has 1 aromatic carbocycles. The fourth-order valence-electron chi connectivity index (χ4n) is 1.91. The van der Waals surface area contributed by atoms with Gasteiger partial charge in [-0.05, 0) is 25.0 Å². The highest BCUT2D eigenvalue weighted by Gasteiger charge is 2.23. The molecule has 0 bridgehead atoms. The highest BCUT2D eigenvalue weighted by molar-refractivity contribution is 6.34. The molecular weight excluding hydrogens is 294 g/mol. The molecule has 1 aliphatic carbocycles. The minimum absolute atomic E-state index is 0.0174. The molecule has 4 N–H and O–H groups in total. The molecule has 21 heavy (non-hydrogen) atoms. The van der Waals surface area contributed by atoms with Gasteiger partial charge in [-0.25, -0.2) is 4.79 Å². The number of amides is 1. The van der Waals surface area contributed by atoms with Gasteiger partial charge in [-0.1, -0.05) is 11.6 Å². The van der Waals surface area contributed by atoms with Crippen molar-refractivity contribution in [1.29, 1.82) is 0 Å². The number of hydrogen-bond donors (Lipinski definition) is 3. The lowest BCUT2D eigenvalue weighted by Gasteiger charge is -2.13. The first-order valence-corrected chi connectivity index (χ1v) is 7.09. The number of nitrogens with one attached hydrogen (secondary N) is 2. The zero-order valence-corrected chi connectivity index (χ0v) is 12.5. The molecule has 1 aliphatic rings. The van der Waals surface area contributed by atoms with Crippen molar-refractivity contribution in [1.82, 2.24) is 5.32 Å². The summed E-state index contributed by atoms with van der Waals surface area (Å²) in [5.41, 5.74) is 6.73. The fourth-order valence-corrected chi connectivity index (χ4v) is 2.20. The summed E-state index contributed by atoms with van der Waals surface area (Å²) in [6.45, 7) is 0.367. The van der Waals surface area contributed by atoms with Crippen LogP contribution in [0.2, 0.25) is 5.02 Å². The number of carbonyl (C=O) groups is 2. The van der Waals surface area contributed by atoms with Crippen LogP contribution in [0.3, 0.4) is 0 Å². The van der Waals surface area contributed by atoms with Crippen LogP contribution in [-0.2, 0) is 9.53 Å². The Hall–Kier alpha value is -1.95. The van der Waals surface area contributed by atoms with E-state index in [9.17, 15) is 9.59 Å². The molecule has 0 spiro atoms. The summed E-state index contributed by atoms with van der Waals surface area (Å²) in [7, 11) is 1.28. The SMILES string of the molecule is COC(=O)c1cc(N)cc(Cl)c1NCCC(=O)NC1CC1. The number of nitrogens with two attached hydrogens (primary N) is 1. The second-order valence-corrected chi connectivity index (χ2v) is 5.34. The van der Waals surface area contributed by atoms with E-state index in [4.69, 9.17) is 22.1 Å². The molecule has 0 heterocycles. The molecule has 0 unspecified atom stereocenters. The Morgan fingerprint density at radius 3 is 2.76 bits per heavy atom. The first-order valence-electron chi connectivity index (χ1n) is 6.72. The second kappa shape index (κ2) is 6.67. The van der Waals surface area contributed by atoms with Crippen molar-refractivity contribution in [3.05, 3.63) is 22.7 Å². The molecule has 2 rings (SSSR count). The van der Waals surface area contributed by atoms with Crippen LogP contribution in [0.1, 0.15) is 29.6 Å². The summed E-state index contributed by atoms with van der Waals surface area (Å²) < 4.78 is 4.70. The maximum atomic E-state index is 11.7. The Morgan fingerprint density at radius 2 is 2.14 bits per heavy atom. The Labute approximate surface area is 128 Å². The number of nitrogen functional groups attached to an aromatic ring is 1. The lowest BCUT2D eigenvalue weighted by molar-refractivity contribution is -0.120. The average Bonchev–Trinajstić information content (AvgIpc) is 3.23. The Kier molecular flexibility index (Phi) is 4.90. The molecule has 1 saturated carbocycles. The highest BCUT2D eigenvalue weighted by atomic mass is 35.5. The van der Waals surface area contributed by atoms with Gasteiger partial charge in [0.2, 0.25) is 5.91 Å². The van der Waals surface area contributed by atoms with E-state index in [-0.39, 0.29) is 11.5 Å². The van der Waals surface area contributed by atoms with Crippen LogP contribution in [0, 0.1) is 0 Å². The number of esters is 1. The number of ether oxygens (including phenoxy) is 1. The molecule has 6 nitrogen and oxygen atoms in total. The summed E-state index contributed by atoms with van der Waals surface area (Å²) in [5.74, 6) is -0.551. The summed E-state index contributed by atoms with van der Waals surface area (Å²) in [6.07, 6.45) is 2.41. The van der Waals surface area contributed by atoms with E-state index in [1.54, 1.807) is 6.07 Å². The van der Waals surface area contributed by atoms with Gasteiger partial charge in [0, 0.05) is 24.7 Å². The third kappa shape index (κ3) is 4.26. The minimum atomic E-state index is -0.533. The number of methoxy groups -OCH3 is 1. The molecule has 0 aromatic heterocycles. The van der Waals surface area contributed by atoms with Gasteiger partial charge in [0.15, 0.2) is 0 Å². The van der Waals surface area contributed by atoms with E-state index in [0.717, 1.165) is 12.8 Å². The summed E-state index contributed by atoms with van der Waals surface area (Å²) in [4.78, 5) is 23.3. The van der Waals surface area contributed by atoms with E-state index in [1.165, 1.54) is 13.2 Å². The van der Waals surface area contributed by atoms with Gasteiger partial charge in [-0.15, -0.1) is 0 Å². The normalized spacial score (nSPS) is 13.6. The maximum Gasteiger partial charge on any atom is 0.340 e. The van der Waals surface area contributed by atoms with Gasteiger partial charge in [0.05, 0.1) is 23.4 Å². The van der Waals surface area contributed by atoms with Crippen LogP contribution in [0.4, 0.5) is 11.4 Å². The van der Waals surface area contributed by atoms with Crippen molar-refractivity contribution in [2.24, 2.45) is 0 Å². The quantitative estimate of drug-likeness (QED) is 0.550. The first-order chi connectivity index (χ1) is 10.0. The van der Waals surface area contributed by atoms with Crippen LogP contribution in [0.5, 0.6) is 0 Å². The predicted molar refractivity (Wildman–Crippen MR) is 81.5 cm³/mol. The molecular formula is C14H18ClN3O3. The fraction of sp³-hybridized carbons (Fsp3) is 0.429. The van der Waals surface area contributed by atoms with Gasteiger partial charge in [0.25, 0.3) is 0 Å². The van der Waals surface area contributed by atoms with Gasteiger partial charge in [-0.2, -0.15) is 0 Å². The Balaban J connectivity index is 2.00. The third-order valence-corrected chi connectivity index (χ3v) is 3.41. The van der Waals surface area contributed by atoms with E-state index < -0.39 is 5.97 Å². The molecule has 0 atom stereocenters. The number of anilines is 2. The van der Waals surface area contributed by atoms with E-state index in [0.29, 0.717) is 35.4 Å². The zero-order chi connectivity index (χ0) is 15.4. The van der Waals surface area contributed by atoms with Crippen molar-refractivity contribution >= 4 is 34.9 Å². The van der Waals surface area contributed by atoms with Crippen LogP contribution >= 0.6 is 11.6 Å². The lowest BCUT2D eigenvalue weighted by Crippen LogP contribution is -2.27. The zero-order valence-electron chi connectivity index (χ0n) is 11.7. The Morgan fingerprint density at radius 1 is 1.43 bits per heavy atom. The molecule has 114 valence electrons. The standard InChI is InChI=1S/C14H18ClN3O3/c1-21-14(20)10-6-8(16)7-11(15)13(10)17-5-4-12(19)18-9-2-3-9/h6-7,9,17H,2-5,16H2,1H3,(H,18,19). The van der Waals surface area contributed by atoms with Crippen LogP contribution < -0.4 is 16.4 Å². The molecule has 0 saturated heterocycles. The average molecular weight is 312 g/mol. The predicted octanol–water partition coefficient (Wildman–Crippen LogP) is 1.79. The van der Waals surface area contributed by atoms with Crippen LogP contribution in [0.25, 0.3) is 0 Å². The number of halogens is 1. The van der Waals surface area contributed by atoms with Crippen molar-refractivity contribution < 1.29 is 14.3 Å². The molecule has 0 aliphatic heterocycles. The maximum absolute atomic E-state index is 11.7. The van der Waals surface area contributed by atoms with Gasteiger partial charge in [-0.3, -0.25) is 4.79 Å². The monoisotopic (exact) mass is 311 g/mol. The highest BCUT2D eigenvalue weighted by Crippen LogP contribution is 2.29. The van der Waals surface area contributed by atoms with E-state index in [2.05, 4.69) is 10.6 Å². The smallest absolute Gasteiger partial charge is 0.340 e. The number of rotatable bonds is 6. The van der Waals surface area contributed by atoms with Crippen LogP contribution in [-0.4, -0.2) is 31.6 Å². The summed E-state index contributed by atoms with van der Waals surface area (Å²) >= 11 is 6.09. The first kappa shape index (κ1) is 15.4.